The van der Waals surface area contributed by atoms with Gasteiger partial charge in [0, 0.05) is 7.14 Å². The number of halogens is 8. The van der Waals surface area contributed by atoms with Crippen LogP contribution in [0.15, 0.2) is 12.1 Å². The van der Waals surface area contributed by atoms with Gasteiger partial charge in [-0.15, -0.1) is 0 Å². The maximum absolute atomic E-state index is 12.4. The second kappa shape index (κ2) is 4.50. The molecule has 0 bridgehead atoms. The molecule has 0 nitrogen and oxygen atoms in total. The fraction of sp³-hybridized carbons (Fsp3) is 0.250. The minimum Gasteiger partial charge on any atom is -0.166 e. The quantitative estimate of drug-likeness (QED) is 0.376. The molecule has 0 spiro atoms. The monoisotopic (exact) mass is 466 g/mol. The average Bonchev–Trinajstić information content (AvgIpc) is 2.05. The second-order valence-electron chi connectivity index (χ2n) is 2.78. The van der Waals surface area contributed by atoms with Crippen LogP contribution in [-0.2, 0) is 12.4 Å². The molecule has 0 aliphatic heterocycles. The molecule has 0 atom stereocenters. The van der Waals surface area contributed by atoms with Crippen LogP contribution in [0.5, 0.6) is 0 Å². The summed E-state index contributed by atoms with van der Waals surface area (Å²) >= 11 is 2.54. The molecule has 0 saturated carbocycles. The summed E-state index contributed by atoms with van der Waals surface area (Å²) in [5.74, 6) is 0. The van der Waals surface area contributed by atoms with E-state index in [4.69, 9.17) is 0 Å². The summed E-state index contributed by atoms with van der Waals surface area (Å²) in [6, 6.07) is 0.902. The first-order valence-electron chi connectivity index (χ1n) is 3.67. The Morgan fingerprint density at radius 2 is 0.938 bits per heavy atom. The Morgan fingerprint density at radius 1 is 0.688 bits per heavy atom. The maximum Gasteiger partial charge on any atom is 0.417 e. The second-order valence-corrected chi connectivity index (χ2v) is 4.94. The lowest BCUT2D eigenvalue weighted by molar-refractivity contribution is -0.142. The Labute approximate surface area is 114 Å². The lowest BCUT2D eigenvalue weighted by Crippen LogP contribution is -2.14. The lowest BCUT2D eigenvalue weighted by Gasteiger charge is -2.15. The van der Waals surface area contributed by atoms with Gasteiger partial charge in [-0.25, -0.2) is 0 Å². The van der Waals surface area contributed by atoms with E-state index in [1.807, 2.05) is 0 Å². The van der Waals surface area contributed by atoms with Gasteiger partial charge in [-0.3, -0.25) is 0 Å². The zero-order valence-corrected chi connectivity index (χ0v) is 11.5. The van der Waals surface area contributed by atoms with Crippen LogP contribution >= 0.6 is 45.2 Å². The normalized spacial score (nSPS) is 13.0. The smallest absolute Gasteiger partial charge is 0.166 e. The van der Waals surface area contributed by atoms with E-state index in [1.54, 1.807) is 0 Å². The van der Waals surface area contributed by atoms with Gasteiger partial charge in [-0.2, -0.15) is 26.3 Å². The largest absolute Gasteiger partial charge is 0.417 e. The highest BCUT2D eigenvalue weighted by Crippen LogP contribution is 2.40. The summed E-state index contributed by atoms with van der Waals surface area (Å²) in [5.41, 5.74) is -2.10. The maximum atomic E-state index is 12.4. The first kappa shape index (κ1) is 14.3. The van der Waals surface area contributed by atoms with Crippen molar-refractivity contribution in [3.8, 4) is 0 Å². The third-order valence-corrected chi connectivity index (χ3v) is 4.97. The van der Waals surface area contributed by atoms with Gasteiger partial charge in [0.1, 0.15) is 0 Å². The van der Waals surface area contributed by atoms with E-state index >= 15 is 0 Å². The minimum absolute atomic E-state index is 0.430. The molecule has 0 heterocycles. The molecule has 1 rings (SSSR count). The number of hydrogen-bond donors (Lipinski definition) is 0. The summed E-state index contributed by atoms with van der Waals surface area (Å²) in [6.45, 7) is 0. The molecule has 0 fully saturated rings. The van der Waals surface area contributed by atoms with Crippen molar-refractivity contribution in [2.45, 2.75) is 12.4 Å². The molecule has 90 valence electrons. The molecule has 1 aromatic carbocycles. The van der Waals surface area contributed by atoms with E-state index in [0.29, 0.717) is 12.1 Å². The third kappa shape index (κ3) is 2.93. The van der Waals surface area contributed by atoms with E-state index in [2.05, 4.69) is 0 Å². The van der Waals surface area contributed by atoms with Gasteiger partial charge in [0.05, 0.1) is 11.1 Å². The predicted octanol–water partition coefficient (Wildman–Crippen LogP) is 4.93. The highest BCUT2D eigenvalue weighted by molar-refractivity contribution is 14.1. The Kier molecular flexibility index (Phi) is 4.03. The van der Waals surface area contributed by atoms with Gasteiger partial charge >= 0.3 is 12.4 Å². The fourth-order valence-corrected chi connectivity index (χ4v) is 2.54. The molecule has 0 N–H and O–H groups in total. The van der Waals surface area contributed by atoms with Gasteiger partial charge in [0.15, 0.2) is 0 Å². The summed E-state index contributed by atoms with van der Waals surface area (Å²) in [4.78, 5) is 0. The number of hydrogen-bond acceptors (Lipinski definition) is 0. The van der Waals surface area contributed by atoms with Crippen molar-refractivity contribution in [2.24, 2.45) is 0 Å². The van der Waals surface area contributed by atoms with Crippen molar-refractivity contribution in [1.82, 2.24) is 0 Å². The molecule has 0 amide bonds. The average molecular weight is 466 g/mol. The van der Waals surface area contributed by atoms with E-state index in [0.717, 1.165) is 0 Å². The van der Waals surface area contributed by atoms with Gasteiger partial charge in [-0.1, -0.05) is 0 Å². The topological polar surface area (TPSA) is 0 Å². The zero-order chi connectivity index (χ0) is 12.7. The third-order valence-electron chi connectivity index (χ3n) is 1.69. The first-order valence-corrected chi connectivity index (χ1v) is 5.83. The number of alkyl halides is 6. The highest BCUT2D eigenvalue weighted by Gasteiger charge is 2.38. The minimum atomic E-state index is -4.64. The van der Waals surface area contributed by atoms with Gasteiger partial charge in [0.2, 0.25) is 0 Å². The number of benzene rings is 1. The Balaban J connectivity index is 3.41. The van der Waals surface area contributed by atoms with Crippen molar-refractivity contribution in [1.29, 1.82) is 0 Å². The van der Waals surface area contributed by atoms with Crippen LogP contribution in [0.1, 0.15) is 11.1 Å². The summed E-state index contributed by atoms with van der Waals surface area (Å²) < 4.78 is 73.3. The van der Waals surface area contributed by atoms with Crippen molar-refractivity contribution in [2.75, 3.05) is 0 Å². The van der Waals surface area contributed by atoms with Crippen LogP contribution in [0, 0.1) is 7.14 Å². The molecule has 8 heteroatoms. The molecule has 0 saturated heterocycles. The molecular formula is C8H2F6I2. The Morgan fingerprint density at radius 3 is 1.12 bits per heavy atom. The fourth-order valence-electron chi connectivity index (χ4n) is 0.987. The van der Waals surface area contributed by atoms with Crippen molar-refractivity contribution >= 4 is 45.2 Å². The van der Waals surface area contributed by atoms with E-state index < -0.39 is 30.6 Å². The van der Waals surface area contributed by atoms with Crippen LogP contribution in [0.4, 0.5) is 26.3 Å². The van der Waals surface area contributed by atoms with Crippen LogP contribution in [0.3, 0.4) is 0 Å². The molecule has 1 aromatic rings. The molecule has 16 heavy (non-hydrogen) atoms. The summed E-state index contributed by atoms with van der Waals surface area (Å²) in [5, 5.41) is 0. The zero-order valence-electron chi connectivity index (χ0n) is 7.18. The lowest BCUT2D eigenvalue weighted by atomic mass is 10.1. The van der Waals surface area contributed by atoms with Crippen molar-refractivity contribution in [3.05, 3.63) is 30.4 Å². The molecule has 0 radical (unpaired) electrons. The van der Waals surface area contributed by atoms with Crippen LogP contribution < -0.4 is 0 Å². The van der Waals surface area contributed by atoms with Gasteiger partial charge < -0.3 is 0 Å². The van der Waals surface area contributed by atoms with Gasteiger partial charge in [-0.05, 0) is 57.3 Å². The predicted molar refractivity (Wildman–Crippen MR) is 61.9 cm³/mol. The number of rotatable bonds is 0. The van der Waals surface area contributed by atoms with Crippen LogP contribution in [0.25, 0.3) is 0 Å². The Hall–Kier alpha value is 0.260. The summed E-state index contributed by atoms with van der Waals surface area (Å²) in [6.07, 6.45) is -9.28. The van der Waals surface area contributed by atoms with Crippen molar-refractivity contribution in [3.63, 3.8) is 0 Å². The van der Waals surface area contributed by atoms with E-state index in [-0.39, 0.29) is 0 Å². The molecule has 0 aromatic heterocycles. The molecule has 0 unspecified atom stereocenters. The van der Waals surface area contributed by atoms with Crippen LogP contribution in [0.2, 0.25) is 0 Å². The van der Waals surface area contributed by atoms with Crippen molar-refractivity contribution < 1.29 is 26.3 Å². The molecule has 0 aliphatic carbocycles. The highest BCUT2D eigenvalue weighted by atomic mass is 127. The van der Waals surface area contributed by atoms with Gasteiger partial charge in [0.25, 0.3) is 0 Å². The SMILES string of the molecule is FC(F)(F)c1ccc(C(F)(F)F)c(I)c1I. The summed E-state index contributed by atoms with van der Waals surface area (Å²) in [7, 11) is 0. The van der Waals surface area contributed by atoms with E-state index in [1.165, 1.54) is 45.2 Å². The molecule has 0 aliphatic rings. The van der Waals surface area contributed by atoms with Crippen LogP contribution in [-0.4, -0.2) is 0 Å². The molecular weight excluding hydrogens is 464 g/mol. The van der Waals surface area contributed by atoms with E-state index in [9.17, 15) is 26.3 Å². The first-order chi connectivity index (χ1) is 7.05. The standard InChI is InChI=1S/C8H2F6I2/c9-7(10,11)3-1-2-4(8(12,13)14)6(16)5(3)15/h1-2H. The Bertz CT molecular complexity index is 367.